The molecule has 7 heteroatoms. The van der Waals surface area contributed by atoms with Gasteiger partial charge in [-0.3, -0.25) is 9.78 Å². The van der Waals surface area contributed by atoms with E-state index in [1.54, 1.807) is 50.5 Å². The SMILES string of the molecule is CCN(CC)S(=O)(=O)c1ccc2[nH]c(-c3cccnc3)c(C=O)c2c1. The molecule has 25 heavy (non-hydrogen) atoms. The quantitative estimate of drug-likeness (QED) is 0.687. The van der Waals surface area contributed by atoms with Crippen LogP contribution in [0.1, 0.15) is 24.2 Å². The summed E-state index contributed by atoms with van der Waals surface area (Å²) >= 11 is 0. The molecule has 6 nitrogen and oxygen atoms in total. The third-order valence-corrected chi connectivity index (χ3v) is 6.27. The van der Waals surface area contributed by atoms with Crippen LogP contribution in [0.4, 0.5) is 0 Å². The fraction of sp³-hybridized carbons (Fsp3) is 0.222. The van der Waals surface area contributed by atoms with Crippen LogP contribution in [-0.2, 0) is 10.0 Å². The lowest BCUT2D eigenvalue weighted by atomic mass is 10.1. The second-order valence-electron chi connectivity index (χ2n) is 5.57. The number of nitrogens with zero attached hydrogens (tertiary/aromatic N) is 2. The molecule has 130 valence electrons. The lowest BCUT2D eigenvalue weighted by Crippen LogP contribution is -2.30. The van der Waals surface area contributed by atoms with Crippen molar-refractivity contribution >= 4 is 27.2 Å². The first-order chi connectivity index (χ1) is 12.0. The van der Waals surface area contributed by atoms with Crippen molar-refractivity contribution in [3.05, 3.63) is 48.3 Å². The average Bonchev–Trinajstić information content (AvgIpc) is 3.01. The Labute approximate surface area is 146 Å². The second kappa shape index (κ2) is 6.78. The highest BCUT2D eigenvalue weighted by molar-refractivity contribution is 7.89. The molecule has 0 atom stereocenters. The largest absolute Gasteiger partial charge is 0.354 e. The third-order valence-electron chi connectivity index (χ3n) is 4.22. The van der Waals surface area contributed by atoms with Crippen LogP contribution in [0.25, 0.3) is 22.2 Å². The summed E-state index contributed by atoms with van der Waals surface area (Å²) < 4.78 is 26.9. The molecule has 3 rings (SSSR count). The Kier molecular flexibility index (Phi) is 4.69. The van der Waals surface area contributed by atoms with Crippen LogP contribution in [-0.4, -0.2) is 42.1 Å². The normalized spacial score (nSPS) is 12.0. The van der Waals surface area contributed by atoms with Gasteiger partial charge in [-0.25, -0.2) is 8.42 Å². The molecule has 0 unspecified atom stereocenters. The predicted molar refractivity (Wildman–Crippen MR) is 97.0 cm³/mol. The van der Waals surface area contributed by atoms with Crippen molar-refractivity contribution < 1.29 is 13.2 Å². The van der Waals surface area contributed by atoms with Crippen molar-refractivity contribution in [3.8, 4) is 11.3 Å². The number of benzene rings is 1. The first-order valence-electron chi connectivity index (χ1n) is 8.04. The van der Waals surface area contributed by atoms with Gasteiger partial charge in [-0.05, 0) is 30.3 Å². The Hall–Kier alpha value is -2.51. The van der Waals surface area contributed by atoms with Gasteiger partial charge in [0.25, 0.3) is 0 Å². The smallest absolute Gasteiger partial charge is 0.243 e. The van der Waals surface area contributed by atoms with E-state index in [0.717, 1.165) is 11.8 Å². The number of aromatic nitrogens is 2. The van der Waals surface area contributed by atoms with Crippen molar-refractivity contribution in [3.63, 3.8) is 0 Å². The Morgan fingerprint density at radius 2 is 1.96 bits per heavy atom. The summed E-state index contributed by atoms with van der Waals surface area (Å²) in [6.45, 7) is 4.39. The van der Waals surface area contributed by atoms with E-state index in [-0.39, 0.29) is 4.90 Å². The molecule has 0 spiro atoms. The average molecular weight is 357 g/mol. The number of aromatic amines is 1. The van der Waals surface area contributed by atoms with E-state index in [9.17, 15) is 13.2 Å². The molecule has 1 N–H and O–H groups in total. The molecule has 0 aliphatic carbocycles. The Balaban J connectivity index is 2.20. The lowest BCUT2D eigenvalue weighted by molar-refractivity contribution is 0.112. The number of sulfonamides is 1. The minimum Gasteiger partial charge on any atom is -0.354 e. The number of nitrogens with one attached hydrogen (secondary N) is 1. The van der Waals surface area contributed by atoms with Crippen molar-refractivity contribution in [2.75, 3.05) is 13.1 Å². The van der Waals surface area contributed by atoms with E-state index in [2.05, 4.69) is 9.97 Å². The number of carbonyl (C=O) groups is 1. The summed E-state index contributed by atoms with van der Waals surface area (Å²) in [5.74, 6) is 0. The molecule has 0 saturated carbocycles. The van der Waals surface area contributed by atoms with E-state index in [1.165, 1.54) is 4.31 Å². The highest BCUT2D eigenvalue weighted by Gasteiger charge is 2.23. The van der Waals surface area contributed by atoms with Gasteiger partial charge in [-0.1, -0.05) is 13.8 Å². The minimum atomic E-state index is -3.58. The number of aldehydes is 1. The number of H-pyrrole nitrogens is 1. The molecule has 0 bridgehead atoms. The van der Waals surface area contributed by atoms with Gasteiger partial charge < -0.3 is 4.98 Å². The summed E-state index contributed by atoms with van der Waals surface area (Å²) in [7, 11) is -3.58. The molecule has 0 amide bonds. The summed E-state index contributed by atoms with van der Waals surface area (Å²) in [5.41, 5.74) is 2.54. The van der Waals surface area contributed by atoms with Crippen LogP contribution in [0.2, 0.25) is 0 Å². The molecule has 2 aromatic heterocycles. The third kappa shape index (κ3) is 2.96. The van der Waals surface area contributed by atoms with Crippen molar-refractivity contribution in [1.29, 1.82) is 0 Å². The maximum absolute atomic E-state index is 12.7. The van der Waals surface area contributed by atoms with Crippen molar-refractivity contribution in [1.82, 2.24) is 14.3 Å². The Morgan fingerprint density at radius 3 is 2.56 bits per heavy atom. The molecule has 0 aliphatic heterocycles. The monoisotopic (exact) mass is 357 g/mol. The van der Waals surface area contributed by atoms with Crippen LogP contribution in [0.3, 0.4) is 0 Å². The maximum Gasteiger partial charge on any atom is 0.243 e. The van der Waals surface area contributed by atoms with E-state index in [0.29, 0.717) is 35.2 Å². The number of hydrogen-bond acceptors (Lipinski definition) is 4. The zero-order valence-electron chi connectivity index (χ0n) is 14.1. The summed E-state index contributed by atoms with van der Waals surface area (Å²) in [4.78, 5) is 19.1. The fourth-order valence-electron chi connectivity index (χ4n) is 2.93. The van der Waals surface area contributed by atoms with Crippen LogP contribution < -0.4 is 0 Å². The standard InChI is InChI=1S/C18H19N3O3S/c1-3-21(4-2)25(23,24)14-7-8-17-15(10-14)16(12-22)18(20-17)13-6-5-9-19-11-13/h5-12,20H,3-4H2,1-2H3. The van der Waals surface area contributed by atoms with Crippen molar-refractivity contribution in [2.45, 2.75) is 18.7 Å². The van der Waals surface area contributed by atoms with E-state index in [1.807, 2.05) is 6.07 Å². The van der Waals surface area contributed by atoms with Gasteiger partial charge in [-0.2, -0.15) is 4.31 Å². The zero-order valence-corrected chi connectivity index (χ0v) is 14.9. The molecule has 3 aromatic rings. The van der Waals surface area contributed by atoms with Gasteiger partial charge in [0.15, 0.2) is 6.29 Å². The molecule has 0 fully saturated rings. The summed E-state index contributed by atoms with van der Waals surface area (Å²) in [6.07, 6.45) is 4.06. The first kappa shape index (κ1) is 17.3. The molecule has 1 aromatic carbocycles. The molecular weight excluding hydrogens is 338 g/mol. The maximum atomic E-state index is 12.7. The van der Waals surface area contributed by atoms with Crippen LogP contribution in [0, 0.1) is 0 Å². The Bertz CT molecular complexity index is 1010. The number of fused-ring (bicyclic) bond motifs is 1. The van der Waals surface area contributed by atoms with E-state index >= 15 is 0 Å². The molecule has 0 saturated heterocycles. The zero-order chi connectivity index (χ0) is 18.0. The summed E-state index contributed by atoms with van der Waals surface area (Å²) in [6, 6.07) is 8.44. The molecule has 0 radical (unpaired) electrons. The minimum absolute atomic E-state index is 0.184. The first-order valence-corrected chi connectivity index (χ1v) is 9.48. The van der Waals surface area contributed by atoms with Crippen molar-refractivity contribution in [2.24, 2.45) is 0 Å². The summed E-state index contributed by atoms with van der Waals surface area (Å²) in [5, 5.41) is 0.585. The second-order valence-corrected chi connectivity index (χ2v) is 7.51. The van der Waals surface area contributed by atoms with Gasteiger partial charge in [0.05, 0.1) is 10.6 Å². The van der Waals surface area contributed by atoms with Gasteiger partial charge >= 0.3 is 0 Å². The number of carbonyl (C=O) groups excluding carboxylic acids is 1. The van der Waals surface area contributed by atoms with Gasteiger partial charge in [0.1, 0.15) is 0 Å². The van der Waals surface area contributed by atoms with E-state index < -0.39 is 10.0 Å². The van der Waals surface area contributed by atoms with Crippen LogP contribution in [0.15, 0.2) is 47.6 Å². The number of hydrogen-bond donors (Lipinski definition) is 1. The lowest BCUT2D eigenvalue weighted by Gasteiger charge is -2.18. The molecular formula is C18H19N3O3S. The highest BCUT2D eigenvalue weighted by Crippen LogP contribution is 2.31. The highest BCUT2D eigenvalue weighted by atomic mass is 32.2. The van der Waals surface area contributed by atoms with Gasteiger partial charge in [0.2, 0.25) is 10.0 Å². The Morgan fingerprint density at radius 1 is 1.20 bits per heavy atom. The number of pyridine rings is 1. The molecule has 0 aliphatic rings. The van der Waals surface area contributed by atoms with Gasteiger partial charge in [0, 0.05) is 47.5 Å². The van der Waals surface area contributed by atoms with Gasteiger partial charge in [-0.15, -0.1) is 0 Å². The van der Waals surface area contributed by atoms with E-state index in [4.69, 9.17) is 0 Å². The van der Waals surface area contributed by atoms with Crippen LogP contribution in [0.5, 0.6) is 0 Å². The molecule has 2 heterocycles. The topological polar surface area (TPSA) is 83.1 Å². The fourth-order valence-corrected chi connectivity index (χ4v) is 4.41. The van der Waals surface area contributed by atoms with Crippen LogP contribution >= 0.6 is 0 Å². The number of rotatable bonds is 6. The predicted octanol–water partition coefficient (Wildman–Crippen LogP) is 3.07.